The molecule has 0 atom stereocenters. The summed E-state index contributed by atoms with van der Waals surface area (Å²) in [7, 11) is 1.33. The Morgan fingerprint density at radius 3 is 2.65 bits per heavy atom. The summed E-state index contributed by atoms with van der Waals surface area (Å²) in [4.78, 5) is 11.5. The van der Waals surface area contributed by atoms with Gasteiger partial charge in [-0.1, -0.05) is 6.92 Å². The first-order valence-corrected chi connectivity index (χ1v) is 6.60. The maximum atomic E-state index is 13.5. The van der Waals surface area contributed by atoms with E-state index in [9.17, 15) is 9.18 Å². The molecule has 5 heteroatoms. The van der Waals surface area contributed by atoms with Crippen LogP contribution in [0.5, 0.6) is 5.75 Å². The van der Waals surface area contributed by atoms with E-state index < -0.39 is 5.41 Å². The Balaban J connectivity index is 2.72. The molecule has 0 heterocycles. The fourth-order valence-electron chi connectivity index (χ4n) is 1.67. The van der Waals surface area contributed by atoms with E-state index in [4.69, 9.17) is 9.47 Å². The van der Waals surface area contributed by atoms with Gasteiger partial charge in [-0.2, -0.15) is 0 Å². The van der Waals surface area contributed by atoms with Gasteiger partial charge in [-0.15, -0.1) is 0 Å². The van der Waals surface area contributed by atoms with E-state index in [1.165, 1.54) is 19.2 Å². The summed E-state index contributed by atoms with van der Waals surface area (Å²) in [6.07, 6.45) is 0. The molecule has 0 aliphatic heterocycles. The first-order chi connectivity index (χ1) is 9.39. The number of benzene rings is 1. The molecule has 0 fully saturated rings. The van der Waals surface area contributed by atoms with Crippen LogP contribution >= 0.6 is 0 Å². The van der Waals surface area contributed by atoms with Gasteiger partial charge in [0.15, 0.2) is 0 Å². The number of hydrogen-bond acceptors (Lipinski definition) is 4. The van der Waals surface area contributed by atoms with Crippen LogP contribution in [0, 0.1) is 11.2 Å². The van der Waals surface area contributed by atoms with Gasteiger partial charge >= 0.3 is 5.97 Å². The van der Waals surface area contributed by atoms with Crippen LogP contribution < -0.4 is 10.1 Å². The zero-order chi connectivity index (χ0) is 15.2. The number of halogens is 1. The van der Waals surface area contributed by atoms with Crippen LogP contribution in [0.4, 0.5) is 4.39 Å². The Kier molecular flexibility index (Phi) is 5.95. The largest absolute Gasteiger partial charge is 0.492 e. The van der Waals surface area contributed by atoms with E-state index in [0.717, 1.165) is 12.1 Å². The third kappa shape index (κ3) is 4.81. The predicted molar refractivity (Wildman–Crippen MR) is 75.1 cm³/mol. The summed E-state index contributed by atoms with van der Waals surface area (Å²) in [6.45, 7) is 6.93. The van der Waals surface area contributed by atoms with Crippen molar-refractivity contribution in [3.05, 3.63) is 29.6 Å². The summed E-state index contributed by atoms with van der Waals surface area (Å²) in [5.41, 5.74) is 0.0285. The second kappa shape index (κ2) is 7.24. The Morgan fingerprint density at radius 1 is 1.35 bits per heavy atom. The number of carbonyl (C=O) groups is 1. The molecule has 0 bridgehead atoms. The highest BCUT2D eigenvalue weighted by molar-refractivity contribution is 5.75. The molecule has 0 amide bonds. The molecule has 0 saturated heterocycles. The zero-order valence-corrected chi connectivity index (χ0v) is 12.5. The molecule has 0 spiro atoms. The standard InChI is InChI=1S/C15H22FNO3/c1-5-17-9-11-6-12(16)8-13(7-11)20-10-15(2,3)14(18)19-4/h6-8,17H,5,9-10H2,1-4H3. The third-order valence-corrected chi connectivity index (χ3v) is 2.85. The smallest absolute Gasteiger partial charge is 0.314 e. The minimum Gasteiger partial charge on any atom is -0.492 e. The summed E-state index contributed by atoms with van der Waals surface area (Å²) >= 11 is 0. The maximum absolute atomic E-state index is 13.5. The molecule has 20 heavy (non-hydrogen) atoms. The average molecular weight is 283 g/mol. The van der Waals surface area contributed by atoms with E-state index >= 15 is 0 Å². The molecule has 0 aromatic heterocycles. The molecule has 1 N–H and O–H groups in total. The van der Waals surface area contributed by atoms with E-state index in [-0.39, 0.29) is 18.4 Å². The van der Waals surface area contributed by atoms with Crippen LogP contribution in [0.15, 0.2) is 18.2 Å². The molecule has 4 nitrogen and oxygen atoms in total. The van der Waals surface area contributed by atoms with Crippen LogP contribution in [0.1, 0.15) is 26.3 Å². The summed E-state index contributed by atoms with van der Waals surface area (Å²) in [6, 6.07) is 4.53. The molecular formula is C15H22FNO3. The highest BCUT2D eigenvalue weighted by Crippen LogP contribution is 2.22. The number of hydrogen-bond donors (Lipinski definition) is 1. The highest BCUT2D eigenvalue weighted by atomic mass is 19.1. The number of ether oxygens (including phenoxy) is 2. The average Bonchev–Trinajstić information content (AvgIpc) is 2.41. The van der Waals surface area contributed by atoms with Crippen LogP contribution in [0.3, 0.4) is 0 Å². The monoisotopic (exact) mass is 283 g/mol. The molecule has 0 radical (unpaired) electrons. The molecule has 1 aromatic rings. The first kappa shape index (κ1) is 16.4. The normalized spacial score (nSPS) is 11.2. The van der Waals surface area contributed by atoms with Crippen molar-refractivity contribution < 1.29 is 18.7 Å². The molecule has 1 rings (SSSR count). The van der Waals surface area contributed by atoms with Gasteiger partial charge in [0.05, 0.1) is 12.5 Å². The lowest BCUT2D eigenvalue weighted by Gasteiger charge is -2.21. The number of carbonyl (C=O) groups excluding carboxylic acids is 1. The number of nitrogens with one attached hydrogen (secondary N) is 1. The Labute approximate surface area is 119 Å². The van der Waals surface area contributed by atoms with Crippen molar-refractivity contribution >= 4 is 5.97 Å². The van der Waals surface area contributed by atoms with Crippen molar-refractivity contribution in [2.24, 2.45) is 5.41 Å². The number of rotatable bonds is 7. The van der Waals surface area contributed by atoms with Gasteiger partial charge in [-0.05, 0) is 38.1 Å². The van der Waals surface area contributed by atoms with Crippen molar-refractivity contribution in [2.75, 3.05) is 20.3 Å². The molecular weight excluding hydrogens is 261 g/mol. The van der Waals surface area contributed by atoms with Gasteiger partial charge < -0.3 is 14.8 Å². The summed E-state index contributed by atoms with van der Waals surface area (Å²) in [5, 5.41) is 3.12. The van der Waals surface area contributed by atoms with Crippen molar-refractivity contribution in [1.29, 1.82) is 0 Å². The lowest BCUT2D eigenvalue weighted by molar-refractivity contribution is -0.152. The zero-order valence-electron chi connectivity index (χ0n) is 12.5. The second-order valence-corrected chi connectivity index (χ2v) is 5.24. The third-order valence-electron chi connectivity index (χ3n) is 2.85. The minimum absolute atomic E-state index is 0.129. The van der Waals surface area contributed by atoms with Gasteiger partial charge in [0.25, 0.3) is 0 Å². The predicted octanol–water partition coefficient (Wildman–Crippen LogP) is 2.51. The molecule has 0 aliphatic carbocycles. The molecule has 112 valence electrons. The quantitative estimate of drug-likeness (QED) is 0.781. The second-order valence-electron chi connectivity index (χ2n) is 5.24. The van der Waals surface area contributed by atoms with Crippen LogP contribution in [-0.2, 0) is 16.1 Å². The Morgan fingerprint density at radius 2 is 2.05 bits per heavy atom. The number of methoxy groups -OCH3 is 1. The van der Waals surface area contributed by atoms with Gasteiger partial charge in [-0.3, -0.25) is 4.79 Å². The number of esters is 1. The fourth-order valence-corrected chi connectivity index (χ4v) is 1.67. The Hall–Kier alpha value is -1.62. The lowest BCUT2D eigenvalue weighted by atomic mass is 9.95. The first-order valence-electron chi connectivity index (χ1n) is 6.60. The van der Waals surface area contributed by atoms with E-state index in [0.29, 0.717) is 12.3 Å². The SMILES string of the molecule is CCNCc1cc(F)cc(OCC(C)(C)C(=O)OC)c1. The van der Waals surface area contributed by atoms with E-state index in [2.05, 4.69) is 5.32 Å². The summed E-state index contributed by atoms with van der Waals surface area (Å²) in [5.74, 6) is -0.303. The lowest BCUT2D eigenvalue weighted by Crippen LogP contribution is -2.32. The van der Waals surface area contributed by atoms with Crippen molar-refractivity contribution in [1.82, 2.24) is 5.32 Å². The maximum Gasteiger partial charge on any atom is 0.314 e. The highest BCUT2D eigenvalue weighted by Gasteiger charge is 2.29. The minimum atomic E-state index is -0.775. The van der Waals surface area contributed by atoms with Crippen molar-refractivity contribution in [2.45, 2.75) is 27.3 Å². The molecule has 0 saturated carbocycles. The molecule has 0 unspecified atom stereocenters. The molecule has 1 aromatic carbocycles. The fraction of sp³-hybridized carbons (Fsp3) is 0.533. The van der Waals surface area contributed by atoms with Crippen molar-refractivity contribution in [3.63, 3.8) is 0 Å². The van der Waals surface area contributed by atoms with Crippen LogP contribution in [0.2, 0.25) is 0 Å². The summed E-state index contributed by atoms with van der Waals surface area (Å²) < 4.78 is 23.7. The van der Waals surface area contributed by atoms with Gasteiger partial charge in [-0.25, -0.2) is 4.39 Å². The van der Waals surface area contributed by atoms with Crippen LogP contribution in [0.25, 0.3) is 0 Å². The van der Waals surface area contributed by atoms with Crippen molar-refractivity contribution in [3.8, 4) is 5.75 Å². The topological polar surface area (TPSA) is 47.6 Å². The van der Waals surface area contributed by atoms with E-state index in [1.54, 1.807) is 19.9 Å². The van der Waals surface area contributed by atoms with Gasteiger partial charge in [0.1, 0.15) is 18.2 Å². The van der Waals surface area contributed by atoms with Gasteiger partial charge in [0.2, 0.25) is 0 Å². The van der Waals surface area contributed by atoms with E-state index in [1.807, 2.05) is 6.92 Å². The Bertz CT molecular complexity index is 460. The molecule has 0 aliphatic rings. The van der Waals surface area contributed by atoms with Crippen LogP contribution in [-0.4, -0.2) is 26.2 Å². The van der Waals surface area contributed by atoms with Gasteiger partial charge in [0, 0.05) is 12.6 Å².